The maximum absolute atomic E-state index is 7.20. The monoisotopic (exact) mass is 199 g/mol. The van der Waals surface area contributed by atoms with Crippen LogP contribution in [0.5, 0.6) is 5.75 Å². The number of hydrogen-bond acceptors (Lipinski definition) is 1. The molecule has 0 saturated carbocycles. The van der Waals surface area contributed by atoms with Crippen LogP contribution in [-0.2, 0) is 17.1 Å². The topological polar surface area (TPSA) is 56.8 Å². The van der Waals surface area contributed by atoms with Gasteiger partial charge in [0.05, 0.1) is 7.11 Å². The van der Waals surface area contributed by atoms with Gasteiger partial charge in [-0.3, -0.25) is 0 Å². The molecule has 1 aromatic carbocycles. The first kappa shape index (κ1) is 10.1. The SMILES string of the molecule is COc1ccc([NH-])c([NH-])c1.[Cu+2]. The van der Waals surface area contributed by atoms with E-state index < -0.39 is 0 Å². The van der Waals surface area contributed by atoms with E-state index in [1.807, 2.05) is 0 Å². The van der Waals surface area contributed by atoms with Gasteiger partial charge in [-0.2, -0.15) is 11.4 Å². The summed E-state index contributed by atoms with van der Waals surface area (Å²) in [7, 11) is 1.54. The fourth-order valence-corrected chi connectivity index (χ4v) is 0.650. The van der Waals surface area contributed by atoms with E-state index in [2.05, 4.69) is 0 Å². The summed E-state index contributed by atoms with van der Waals surface area (Å²) in [6.07, 6.45) is 0. The largest absolute Gasteiger partial charge is 2.00 e. The minimum Gasteiger partial charge on any atom is -0.700 e. The van der Waals surface area contributed by atoms with Gasteiger partial charge in [-0.05, 0) is 12.1 Å². The third-order valence-corrected chi connectivity index (χ3v) is 1.23. The molecule has 0 spiro atoms. The van der Waals surface area contributed by atoms with Crippen molar-refractivity contribution in [3.8, 4) is 5.75 Å². The minimum atomic E-state index is 0. The van der Waals surface area contributed by atoms with E-state index in [1.54, 1.807) is 19.2 Å². The van der Waals surface area contributed by atoms with E-state index in [9.17, 15) is 0 Å². The van der Waals surface area contributed by atoms with Gasteiger partial charge in [0, 0.05) is 0 Å². The first-order valence-corrected chi connectivity index (χ1v) is 2.85. The Bertz CT molecular complexity index is 240. The molecule has 3 nitrogen and oxygen atoms in total. The van der Waals surface area contributed by atoms with Crippen LogP contribution in [0.25, 0.3) is 11.5 Å². The molecule has 0 atom stereocenters. The van der Waals surface area contributed by atoms with Crippen LogP contribution in [0.4, 0.5) is 11.4 Å². The average molecular weight is 200 g/mol. The van der Waals surface area contributed by atoms with Crippen molar-refractivity contribution < 1.29 is 21.8 Å². The molecule has 0 aliphatic rings. The van der Waals surface area contributed by atoms with Crippen molar-refractivity contribution >= 4 is 11.4 Å². The Balaban J connectivity index is 0.000001000. The molecular formula is C7H8CuN2O. The summed E-state index contributed by atoms with van der Waals surface area (Å²) in [6.45, 7) is 0. The molecule has 1 radical (unpaired) electrons. The number of rotatable bonds is 1. The van der Waals surface area contributed by atoms with Crippen LogP contribution in [0.2, 0.25) is 0 Å². The summed E-state index contributed by atoms with van der Waals surface area (Å²) in [5.74, 6) is 0.626. The van der Waals surface area contributed by atoms with Gasteiger partial charge in [-0.1, -0.05) is 6.07 Å². The molecule has 0 aromatic heterocycles. The molecule has 0 saturated heterocycles. The van der Waals surface area contributed by atoms with Gasteiger partial charge in [-0.15, -0.1) is 0 Å². The Labute approximate surface area is 76.2 Å². The Morgan fingerprint density at radius 1 is 1.18 bits per heavy atom. The molecule has 2 N–H and O–H groups in total. The molecule has 0 heterocycles. The van der Waals surface area contributed by atoms with Crippen molar-refractivity contribution in [2.45, 2.75) is 0 Å². The Kier molecular flexibility index (Phi) is 3.79. The molecule has 4 heteroatoms. The van der Waals surface area contributed by atoms with Crippen molar-refractivity contribution in [2.75, 3.05) is 7.11 Å². The summed E-state index contributed by atoms with van der Waals surface area (Å²) in [4.78, 5) is 0. The standard InChI is InChI=1S/C7H8N2O.Cu/c1-10-5-2-3-6(8)7(9)4-5;/h2-4,8-9H,1H3;/q-2;+2. The van der Waals surface area contributed by atoms with Gasteiger partial charge >= 0.3 is 17.1 Å². The van der Waals surface area contributed by atoms with Gasteiger partial charge < -0.3 is 16.2 Å². The van der Waals surface area contributed by atoms with E-state index in [1.165, 1.54) is 6.07 Å². The molecular weight excluding hydrogens is 192 g/mol. The van der Waals surface area contributed by atoms with Crippen molar-refractivity contribution in [3.63, 3.8) is 0 Å². The Morgan fingerprint density at radius 3 is 2.27 bits per heavy atom. The van der Waals surface area contributed by atoms with Crippen LogP contribution in [0.15, 0.2) is 18.2 Å². The number of methoxy groups -OCH3 is 1. The third-order valence-electron chi connectivity index (χ3n) is 1.23. The van der Waals surface area contributed by atoms with Gasteiger partial charge in [0.2, 0.25) is 0 Å². The smallest absolute Gasteiger partial charge is 0.700 e. The van der Waals surface area contributed by atoms with E-state index in [-0.39, 0.29) is 28.4 Å². The summed E-state index contributed by atoms with van der Waals surface area (Å²) in [6, 6.07) is 4.73. The number of ether oxygens (including phenoxy) is 1. The first-order valence-electron chi connectivity index (χ1n) is 2.85. The van der Waals surface area contributed by atoms with Crippen LogP contribution in [0.1, 0.15) is 0 Å². The van der Waals surface area contributed by atoms with Gasteiger partial charge in [0.25, 0.3) is 0 Å². The van der Waals surface area contributed by atoms with Crippen molar-refractivity contribution in [3.05, 3.63) is 29.7 Å². The summed E-state index contributed by atoms with van der Waals surface area (Å²) >= 11 is 0. The van der Waals surface area contributed by atoms with E-state index >= 15 is 0 Å². The van der Waals surface area contributed by atoms with Gasteiger partial charge in [-0.25, -0.2) is 0 Å². The summed E-state index contributed by atoms with van der Waals surface area (Å²) in [5.41, 5.74) is 14.8. The van der Waals surface area contributed by atoms with Gasteiger partial charge in [0.1, 0.15) is 5.75 Å². The summed E-state index contributed by atoms with van der Waals surface area (Å²) < 4.78 is 4.85. The second kappa shape index (κ2) is 4.11. The van der Waals surface area contributed by atoms with Crippen LogP contribution >= 0.6 is 0 Å². The predicted molar refractivity (Wildman–Crippen MR) is 41.0 cm³/mol. The molecule has 0 bridgehead atoms. The first-order chi connectivity index (χ1) is 4.74. The molecule has 0 aliphatic carbocycles. The molecule has 0 aliphatic heterocycles. The normalized spacial score (nSPS) is 8.45. The van der Waals surface area contributed by atoms with Crippen molar-refractivity contribution in [2.24, 2.45) is 0 Å². The maximum atomic E-state index is 7.20. The number of nitrogens with one attached hydrogen (secondary N) is 2. The molecule has 11 heavy (non-hydrogen) atoms. The number of hydrogen-bond donors (Lipinski definition) is 0. The maximum Gasteiger partial charge on any atom is 2.00 e. The second-order valence-corrected chi connectivity index (χ2v) is 1.91. The fraction of sp³-hybridized carbons (Fsp3) is 0.143. The molecule has 1 rings (SSSR count). The van der Waals surface area contributed by atoms with Crippen molar-refractivity contribution in [1.82, 2.24) is 0 Å². The average Bonchev–Trinajstić information content (AvgIpc) is 1.95. The summed E-state index contributed by atoms with van der Waals surface area (Å²) in [5, 5.41) is 0. The zero-order chi connectivity index (χ0) is 7.56. The zero-order valence-electron chi connectivity index (χ0n) is 5.94. The van der Waals surface area contributed by atoms with E-state index in [0.717, 1.165) is 0 Å². The van der Waals surface area contributed by atoms with Crippen LogP contribution < -0.4 is 4.74 Å². The van der Waals surface area contributed by atoms with Crippen LogP contribution in [0, 0.1) is 0 Å². The zero-order valence-corrected chi connectivity index (χ0v) is 6.88. The third kappa shape index (κ3) is 2.33. The quantitative estimate of drug-likeness (QED) is 0.642. The predicted octanol–water partition coefficient (Wildman–Crippen LogP) is 3.06. The molecule has 63 valence electrons. The fourth-order valence-electron chi connectivity index (χ4n) is 0.650. The Morgan fingerprint density at radius 2 is 1.82 bits per heavy atom. The van der Waals surface area contributed by atoms with Crippen LogP contribution in [0.3, 0.4) is 0 Å². The molecule has 1 aromatic rings. The number of benzene rings is 1. The van der Waals surface area contributed by atoms with E-state index in [4.69, 9.17) is 16.2 Å². The van der Waals surface area contributed by atoms with E-state index in [0.29, 0.717) is 5.75 Å². The molecule has 0 amide bonds. The van der Waals surface area contributed by atoms with Crippen molar-refractivity contribution in [1.29, 1.82) is 0 Å². The molecule has 0 fully saturated rings. The van der Waals surface area contributed by atoms with Gasteiger partial charge in [0.15, 0.2) is 0 Å². The second-order valence-electron chi connectivity index (χ2n) is 1.91. The molecule has 0 unspecified atom stereocenters. The Hall–Kier alpha value is -0.861. The van der Waals surface area contributed by atoms with Crippen LogP contribution in [-0.4, -0.2) is 7.11 Å². The minimum absolute atomic E-state index is 0.